The Bertz CT molecular complexity index is 792. The van der Waals surface area contributed by atoms with Crippen LogP contribution in [-0.4, -0.2) is 29.6 Å². The number of esters is 1. The van der Waals surface area contributed by atoms with Crippen LogP contribution in [0.1, 0.15) is 34.2 Å². The fourth-order valence-corrected chi connectivity index (χ4v) is 3.37. The molecule has 0 aliphatic carbocycles. The molecule has 0 bridgehead atoms. The molecule has 0 saturated carbocycles. The van der Waals surface area contributed by atoms with Gasteiger partial charge in [0.05, 0.1) is 5.56 Å². The Kier molecular flexibility index (Phi) is 4.42. The molecule has 0 N–H and O–H groups in total. The van der Waals surface area contributed by atoms with Gasteiger partial charge in [-0.15, -0.1) is 0 Å². The van der Waals surface area contributed by atoms with E-state index in [0.717, 1.165) is 35.6 Å². The van der Waals surface area contributed by atoms with Crippen LogP contribution in [0, 0.1) is 13.8 Å². The summed E-state index contributed by atoms with van der Waals surface area (Å²) in [6, 6.07) is 9.65. The van der Waals surface area contributed by atoms with E-state index >= 15 is 0 Å². The van der Waals surface area contributed by atoms with E-state index in [2.05, 4.69) is 4.57 Å². The highest BCUT2D eigenvalue weighted by Crippen LogP contribution is 2.27. The monoisotopic (exact) mass is 326 g/mol. The number of ether oxygens (including phenoxy) is 1. The molecule has 5 heteroatoms. The van der Waals surface area contributed by atoms with E-state index in [1.54, 1.807) is 4.90 Å². The van der Waals surface area contributed by atoms with Crippen molar-refractivity contribution in [2.75, 3.05) is 18.1 Å². The van der Waals surface area contributed by atoms with Crippen molar-refractivity contribution in [2.24, 2.45) is 0 Å². The van der Waals surface area contributed by atoms with Crippen molar-refractivity contribution < 1.29 is 14.3 Å². The minimum Gasteiger partial charge on any atom is -0.452 e. The predicted octanol–water partition coefficient (Wildman–Crippen LogP) is 2.87. The van der Waals surface area contributed by atoms with Crippen LogP contribution in [-0.2, 0) is 22.5 Å². The highest BCUT2D eigenvalue weighted by atomic mass is 16.5. The molecule has 2 aromatic rings. The summed E-state index contributed by atoms with van der Waals surface area (Å²) in [5.74, 6) is -0.624. The van der Waals surface area contributed by atoms with Gasteiger partial charge in [-0.1, -0.05) is 18.2 Å². The van der Waals surface area contributed by atoms with Crippen LogP contribution in [0.5, 0.6) is 0 Å². The number of anilines is 1. The summed E-state index contributed by atoms with van der Waals surface area (Å²) in [6.45, 7) is 7.09. The molecule has 0 radical (unpaired) electrons. The predicted molar refractivity (Wildman–Crippen MR) is 92.4 cm³/mol. The molecule has 3 rings (SSSR count). The molecular weight excluding hydrogens is 304 g/mol. The second kappa shape index (κ2) is 6.51. The number of para-hydroxylation sites is 1. The molecule has 1 amide bonds. The van der Waals surface area contributed by atoms with Crippen LogP contribution >= 0.6 is 0 Å². The quantitative estimate of drug-likeness (QED) is 0.812. The van der Waals surface area contributed by atoms with Crippen LogP contribution in [0.3, 0.4) is 0 Å². The maximum atomic E-state index is 12.4. The van der Waals surface area contributed by atoms with Crippen molar-refractivity contribution in [1.29, 1.82) is 0 Å². The first-order chi connectivity index (χ1) is 11.5. The number of rotatable bonds is 4. The molecule has 126 valence electrons. The summed E-state index contributed by atoms with van der Waals surface area (Å²) in [7, 11) is 0. The largest absolute Gasteiger partial charge is 0.452 e. The van der Waals surface area contributed by atoms with Crippen molar-refractivity contribution in [3.8, 4) is 0 Å². The van der Waals surface area contributed by atoms with Gasteiger partial charge in [-0.05, 0) is 44.9 Å². The fraction of sp³-hybridized carbons (Fsp3) is 0.368. The van der Waals surface area contributed by atoms with E-state index in [-0.39, 0.29) is 12.5 Å². The second-order valence-corrected chi connectivity index (χ2v) is 6.03. The Hall–Kier alpha value is -2.56. The lowest BCUT2D eigenvalue weighted by atomic mass is 10.2. The highest BCUT2D eigenvalue weighted by molar-refractivity contribution is 5.98. The van der Waals surface area contributed by atoms with Crippen LogP contribution in [0.4, 0.5) is 5.69 Å². The fourth-order valence-electron chi connectivity index (χ4n) is 3.37. The van der Waals surface area contributed by atoms with Crippen molar-refractivity contribution in [1.82, 2.24) is 4.57 Å². The van der Waals surface area contributed by atoms with E-state index in [9.17, 15) is 9.59 Å². The van der Waals surface area contributed by atoms with Crippen molar-refractivity contribution in [3.05, 3.63) is 52.8 Å². The lowest BCUT2D eigenvalue weighted by molar-refractivity contribution is -0.121. The zero-order valence-corrected chi connectivity index (χ0v) is 14.3. The summed E-state index contributed by atoms with van der Waals surface area (Å²) in [5.41, 5.74) is 4.50. The second-order valence-electron chi connectivity index (χ2n) is 6.03. The molecule has 1 aliphatic rings. The van der Waals surface area contributed by atoms with E-state index in [0.29, 0.717) is 12.1 Å². The van der Waals surface area contributed by atoms with Gasteiger partial charge in [-0.2, -0.15) is 0 Å². The molecule has 24 heavy (non-hydrogen) atoms. The molecule has 0 fully saturated rings. The number of benzene rings is 1. The molecule has 5 nitrogen and oxygen atoms in total. The van der Waals surface area contributed by atoms with Crippen molar-refractivity contribution in [2.45, 2.75) is 33.7 Å². The minimum absolute atomic E-state index is 0.183. The Labute approximate surface area is 141 Å². The highest BCUT2D eigenvalue weighted by Gasteiger charge is 2.25. The number of hydrogen-bond donors (Lipinski definition) is 0. The number of nitrogens with zero attached hydrogens (tertiary/aromatic N) is 2. The first-order valence-electron chi connectivity index (χ1n) is 8.25. The third-order valence-corrected chi connectivity index (χ3v) is 4.62. The molecule has 0 unspecified atom stereocenters. The van der Waals surface area contributed by atoms with Gasteiger partial charge in [-0.3, -0.25) is 4.79 Å². The van der Waals surface area contributed by atoms with Crippen LogP contribution in [0.25, 0.3) is 0 Å². The molecule has 1 aromatic heterocycles. The zero-order valence-electron chi connectivity index (χ0n) is 14.3. The molecular formula is C19H22N2O3. The zero-order chi connectivity index (χ0) is 17.3. The maximum absolute atomic E-state index is 12.4. The van der Waals surface area contributed by atoms with Gasteiger partial charge in [0, 0.05) is 30.2 Å². The van der Waals surface area contributed by atoms with Crippen LogP contribution in [0.2, 0.25) is 0 Å². The van der Waals surface area contributed by atoms with E-state index in [4.69, 9.17) is 4.74 Å². The Morgan fingerprint density at radius 2 is 1.96 bits per heavy atom. The Morgan fingerprint density at radius 1 is 1.21 bits per heavy atom. The van der Waals surface area contributed by atoms with Gasteiger partial charge in [-0.25, -0.2) is 4.79 Å². The summed E-state index contributed by atoms with van der Waals surface area (Å²) in [5, 5.41) is 0. The molecule has 0 saturated heterocycles. The normalized spacial score (nSPS) is 13.0. The number of hydrogen-bond acceptors (Lipinski definition) is 3. The average Bonchev–Trinajstić information content (AvgIpc) is 3.13. The number of carbonyl (C=O) groups is 2. The van der Waals surface area contributed by atoms with Gasteiger partial charge < -0.3 is 14.2 Å². The molecule has 0 spiro atoms. The molecule has 2 heterocycles. The summed E-state index contributed by atoms with van der Waals surface area (Å²) in [4.78, 5) is 26.4. The summed E-state index contributed by atoms with van der Waals surface area (Å²) >= 11 is 0. The van der Waals surface area contributed by atoms with Crippen LogP contribution in [0.15, 0.2) is 30.3 Å². The molecule has 1 aliphatic heterocycles. The van der Waals surface area contributed by atoms with E-state index in [1.807, 2.05) is 51.1 Å². The number of fused-ring (bicyclic) bond motifs is 1. The van der Waals surface area contributed by atoms with Crippen LogP contribution < -0.4 is 4.90 Å². The van der Waals surface area contributed by atoms with Gasteiger partial charge in [0.15, 0.2) is 6.61 Å². The Morgan fingerprint density at radius 3 is 2.67 bits per heavy atom. The number of aryl methyl sites for hydroxylation is 1. The van der Waals surface area contributed by atoms with Gasteiger partial charge in [0.1, 0.15) is 0 Å². The third-order valence-electron chi connectivity index (χ3n) is 4.62. The molecule has 0 atom stereocenters. The maximum Gasteiger partial charge on any atom is 0.340 e. The summed E-state index contributed by atoms with van der Waals surface area (Å²) < 4.78 is 7.32. The SMILES string of the molecule is CCn1c(C)cc(C(=O)OCC(=O)N2CCc3ccccc32)c1C. The third kappa shape index (κ3) is 2.82. The lowest BCUT2D eigenvalue weighted by Crippen LogP contribution is -2.33. The van der Waals surface area contributed by atoms with Gasteiger partial charge in [0.2, 0.25) is 0 Å². The molecule has 1 aromatic carbocycles. The minimum atomic E-state index is -0.441. The van der Waals surface area contributed by atoms with E-state index < -0.39 is 5.97 Å². The Balaban J connectivity index is 1.66. The summed E-state index contributed by atoms with van der Waals surface area (Å²) in [6.07, 6.45) is 0.841. The number of amides is 1. The van der Waals surface area contributed by atoms with E-state index in [1.165, 1.54) is 0 Å². The first-order valence-corrected chi connectivity index (χ1v) is 8.25. The number of carbonyl (C=O) groups excluding carboxylic acids is 2. The smallest absolute Gasteiger partial charge is 0.340 e. The van der Waals surface area contributed by atoms with Crippen molar-refractivity contribution >= 4 is 17.6 Å². The average molecular weight is 326 g/mol. The van der Waals surface area contributed by atoms with Crippen molar-refractivity contribution in [3.63, 3.8) is 0 Å². The topological polar surface area (TPSA) is 51.5 Å². The van der Waals surface area contributed by atoms with Gasteiger partial charge in [0.25, 0.3) is 5.91 Å². The lowest BCUT2D eigenvalue weighted by Gasteiger charge is -2.17. The first kappa shape index (κ1) is 16.3. The number of aromatic nitrogens is 1. The van der Waals surface area contributed by atoms with Gasteiger partial charge >= 0.3 is 5.97 Å². The standard InChI is InChI=1S/C19H22N2O3/c1-4-20-13(2)11-16(14(20)3)19(23)24-12-18(22)21-10-9-15-7-5-6-8-17(15)21/h5-8,11H,4,9-10,12H2,1-3H3.